The summed E-state index contributed by atoms with van der Waals surface area (Å²) in [6.45, 7) is 0. The molecule has 4 nitrogen and oxygen atoms in total. The van der Waals surface area contributed by atoms with E-state index < -0.39 is 11.1 Å². The summed E-state index contributed by atoms with van der Waals surface area (Å²) in [5.74, 6) is -0.0910. The molecule has 2 unspecified atom stereocenters. The number of ketones is 2. The van der Waals surface area contributed by atoms with E-state index in [1.807, 2.05) is 0 Å². The molecule has 4 N–H and O–H groups in total. The van der Waals surface area contributed by atoms with E-state index in [2.05, 4.69) is 0 Å². The number of nitrogens with two attached hydrogens (primary N) is 2. The van der Waals surface area contributed by atoms with Crippen LogP contribution in [0, 0.1) is 0 Å². The molecule has 0 spiro atoms. The molecule has 0 amide bonds. The summed E-state index contributed by atoms with van der Waals surface area (Å²) in [6, 6.07) is 0. The molecule has 0 radical (unpaired) electrons. The molecule has 3 aliphatic carbocycles. The average Bonchev–Trinajstić information content (AvgIpc) is 1.96. The molecular formula is C8H14Cl2N2O2. The van der Waals surface area contributed by atoms with Gasteiger partial charge in [0, 0.05) is 12.8 Å². The van der Waals surface area contributed by atoms with Gasteiger partial charge in [-0.15, -0.1) is 24.8 Å². The molecule has 2 atom stereocenters. The van der Waals surface area contributed by atoms with Gasteiger partial charge in [0.2, 0.25) is 0 Å². The van der Waals surface area contributed by atoms with Gasteiger partial charge in [-0.25, -0.2) is 0 Å². The number of halogens is 2. The Hall–Kier alpha value is -0.160. The van der Waals surface area contributed by atoms with Crippen LogP contribution in [0.5, 0.6) is 0 Å². The lowest BCUT2D eigenvalue weighted by Gasteiger charge is -2.46. The van der Waals surface area contributed by atoms with Crippen molar-refractivity contribution in [2.24, 2.45) is 11.5 Å². The van der Waals surface area contributed by atoms with Crippen LogP contribution in [0.25, 0.3) is 0 Å². The molecule has 0 aromatic heterocycles. The Balaban J connectivity index is 0.000000845. The molecule has 3 saturated carbocycles. The van der Waals surface area contributed by atoms with Gasteiger partial charge in [-0.2, -0.15) is 0 Å². The molecule has 3 rings (SSSR count). The average molecular weight is 241 g/mol. The second-order valence-corrected chi connectivity index (χ2v) is 4.01. The van der Waals surface area contributed by atoms with Crippen molar-refractivity contribution >= 4 is 36.4 Å². The summed E-state index contributed by atoms with van der Waals surface area (Å²) >= 11 is 0. The van der Waals surface area contributed by atoms with Crippen LogP contribution in [-0.4, -0.2) is 22.6 Å². The lowest BCUT2D eigenvalue weighted by Crippen LogP contribution is -2.69. The Morgan fingerprint density at radius 2 is 1.14 bits per heavy atom. The van der Waals surface area contributed by atoms with Crippen molar-refractivity contribution in [1.29, 1.82) is 0 Å². The first-order valence-electron chi connectivity index (χ1n) is 4.11. The predicted molar refractivity (Wildman–Crippen MR) is 56.8 cm³/mol. The van der Waals surface area contributed by atoms with E-state index in [4.69, 9.17) is 11.5 Å². The molecule has 0 aromatic rings. The molecule has 82 valence electrons. The van der Waals surface area contributed by atoms with E-state index in [0.29, 0.717) is 12.8 Å². The maximum absolute atomic E-state index is 11.4. The fraction of sp³-hybridized carbons (Fsp3) is 0.750. The van der Waals surface area contributed by atoms with Crippen LogP contribution in [0.4, 0.5) is 0 Å². The normalized spacial score (nSPS) is 40.1. The number of fused-ring (bicyclic) bond motifs is 3. The van der Waals surface area contributed by atoms with Gasteiger partial charge in [0.05, 0.1) is 11.1 Å². The Morgan fingerprint density at radius 3 is 1.36 bits per heavy atom. The Kier molecular flexibility index (Phi) is 3.73. The summed E-state index contributed by atoms with van der Waals surface area (Å²) < 4.78 is 0. The number of Topliss-reactive ketones (excluding diaryl/α,β-unsaturated/α-hetero) is 2. The summed E-state index contributed by atoms with van der Waals surface area (Å²) in [5.41, 5.74) is 9.77. The van der Waals surface area contributed by atoms with Gasteiger partial charge in [0.1, 0.15) is 0 Å². The third-order valence-electron chi connectivity index (χ3n) is 3.08. The van der Waals surface area contributed by atoms with Crippen LogP contribution < -0.4 is 11.5 Å². The molecule has 3 aliphatic rings. The van der Waals surface area contributed by atoms with Crippen LogP contribution in [0.1, 0.15) is 25.7 Å². The van der Waals surface area contributed by atoms with Crippen LogP contribution in [-0.2, 0) is 9.59 Å². The zero-order chi connectivity index (χ0) is 8.98. The molecule has 0 aromatic carbocycles. The van der Waals surface area contributed by atoms with E-state index >= 15 is 0 Å². The van der Waals surface area contributed by atoms with E-state index in [-0.39, 0.29) is 49.2 Å². The van der Waals surface area contributed by atoms with Gasteiger partial charge >= 0.3 is 0 Å². The summed E-state index contributed by atoms with van der Waals surface area (Å²) in [4.78, 5) is 22.7. The second-order valence-electron chi connectivity index (χ2n) is 4.01. The van der Waals surface area contributed by atoms with Crippen molar-refractivity contribution in [3.8, 4) is 0 Å². The number of carbonyl (C=O) groups is 2. The van der Waals surface area contributed by atoms with Gasteiger partial charge in [-0.1, -0.05) is 0 Å². The van der Waals surface area contributed by atoms with Crippen molar-refractivity contribution in [2.75, 3.05) is 0 Å². The molecular weight excluding hydrogens is 227 g/mol. The van der Waals surface area contributed by atoms with Gasteiger partial charge in [-0.3, -0.25) is 9.59 Å². The summed E-state index contributed by atoms with van der Waals surface area (Å²) in [7, 11) is 0. The SMILES string of the molecule is Cl.Cl.NC12CCC(N)(CC1=O)C(=O)C2. The first-order valence-corrected chi connectivity index (χ1v) is 4.11. The number of hydrogen-bond donors (Lipinski definition) is 2. The Labute approximate surface area is 94.6 Å². The van der Waals surface area contributed by atoms with E-state index in [1.54, 1.807) is 0 Å². The molecule has 0 saturated heterocycles. The third kappa shape index (κ3) is 1.67. The zero-order valence-corrected chi connectivity index (χ0v) is 9.25. The smallest absolute Gasteiger partial charge is 0.155 e. The number of hydrogen-bond acceptors (Lipinski definition) is 4. The number of rotatable bonds is 0. The van der Waals surface area contributed by atoms with Crippen molar-refractivity contribution in [3.05, 3.63) is 0 Å². The standard InChI is InChI=1S/C8H12N2O2.2ClH/c9-7-1-2-8(10,4-5(7)11)6(12)3-7;;/h1-4,9-10H2;2*1H. The van der Waals surface area contributed by atoms with Crippen molar-refractivity contribution < 1.29 is 9.59 Å². The number of carbonyl (C=O) groups excluding carboxylic acids is 2. The van der Waals surface area contributed by atoms with Crippen molar-refractivity contribution in [3.63, 3.8) is 0 Å². The van der Waals surface area contributed by atoms with Gasteiger partial charge in [-0.05, 0) is 12.8 Å². The quantitative estimate of drug-likeness (QED) is 0.622. The molecule has 3 fully saturated rings. The van der Waals surface area contributed by atoms with Gasteiger partial charge in [0.25, 0.3) is 0 Å². The molecule has 6 heteroatoms. The summed E-state index contributed by atoms with van der Waals surface area (Å²) in [5, 5.41) is 0. The lowest BCUT2D eigenvalue weighted by molar-refractivity contribution is -0.144. The first kappa shape index (κ1) is 13.8. The highest BCUT2D eigenvalue weighted by atomic mass is 35.5. The minimum absolute atomic E-state index is 0. The maximum Gasteiger partial charge on any atom is 0.155 e. The molecule has 2 bridgehead atoms. The van der Waals surface area contributed by atoms with Crippen molar-refractivity contribution in [2.45, 2.75) is 36.8 Å². The predicted octanol–water partition coefficient (Wildman–Crippen LogP) is -0.0492. The summed E-state index contributed by atoms with van der Waals surface area (Å²) in [6.07, 6.45) is 1.41. The topological polar surface area (TPSA) is 86.2 Å². The lowest BCUT2D eigenvalue weighted by atomic mass is 9.61. The van der Waals surface area contributed by atoms with Gasteiger partial charge in [0.15, 0.2) is 11.6 Å². The van der Waals surface area contributed by atoms with Crippen molar-refractivity contribution in [1.82, 2.24) is 0 Å². The highest BCUT2D eigenvalue weighted by molar-refractivity contribution is 6.06. The minimum Gasteiger partial charge on any atom is -0.319 e. The van der Waals surface area contributed by atoms with Gasteiger partial charge < -0.3 is 11.5 Å². The fourth-order valence-corrected chi connectivity index (χ4v) is 2.02. The molecule has 0 heterocycles. The second kappa shape index (κ2) is 3.77. The monoisotopic (exact) mass is 240 g/mol. The maximum atomic E-state index is 11.4. The van der Waals surface area contributed by atoms with Crippen LogP contribution >= 0.6 is 24.8 Å². The Bertz CT molecular complexity index is 257. The molecule has 14 heavy (non-hydrogen) atoms. The first-order chi connectivity index (χ1) is 5.46. The fourth-order valence-electron chi connectivity index (χ4n) is 2.02. The zero-order valence-electron chi connectivity index (χ0n) is 7.62. The van der Waals surface area contributed by atoms with Crippen LogP contribution in [0.15, 0.2) is 0 Å². The van der Waals surface area contributed by atoms with E-state index in [0.717, 1.165) is 0 Å². The largest absolute Gasteiger partial charge is 0.319 e. The van der Waals surface area contributed by atoms with Crippen LogP contribution in [0.2, 0.25) is 0 Å². The highest BCUT2D eigenvalue weighted by Crippen LogP contribution is 2.39. The minimum atomic E-state index is -0.877. The molecule has 0 aliphatic heterocycles. The van der Waals surface area contributed by atoms with Crippen LogP contribution in [0.3, 0.4) is 0 Å². The van der Waals surface area contributed by atoms with E-state index in [9.17, 15) is 9.59 Å². The Morgan fingerprint density at radius 1 is 0.857 bits per heavy atom. The van der Waals surface area contributed by atoms with E-state index in [1.165, 1.54) is 0 Å². The highest BCUT2D eigenvalue weighted by Gasteiger charge is 2.55. The third-order valence-corrected chi connectivity index (χ3v) is 3.08.